The summed E-state index contributed by atoms with van der Waals surface area (Å²) in [5.41, 5.74) is 2.71. The maximum Gasteiger partial charge on any atom is 0.0977 e. The molecule has 1 nitrogen and oxygen atoms in total. The van der Waals surface area contributed by atoms with Crippen molar-refractivity contribution in [3.05, 3.63) is 30.5 Å². The maximum atomic E-state index is 5.32. The topological polar surface area (TPSA) is 3.24 Å². The minimum Gasteiger partial charge on any atom is -0.279 e. The van der Waals surface area contributed by atoms with Gasteiger partial charge in [-0.3, -0.25) is 4.90 Å². The molecule has 1 rings (SSSR count). The average molecular weight is 145 g/mol. The standard InChI is InChI=1S/C10H11N/c1-3-7-10(4-2)11-8-5-6-9-11/h2,5-7,10H,1,8-9H2. The van der Waals surface area contributed by atoms with Crippen LogP contribution < -0.4 is 0 Å². The van der Waals surface area contributed by atoms with Crippen LogP contribution in [0, 0.1) is 12.3 Å². The summed E-state index contributed by atoms with van der Waals surface area (Å²) in [6.07, 6.45) is 11.4. The molecule has 1 atom stereocenters. The predicted molar refractivity (Wildman–Crippen MR) is 47.0 cm³/mol. The van der Waals surface area contributed by atoms with E-state index in [2.05, 4.69) is 35.3 Å². The Hall–Kier alpha value is -1.22. The molecule has 1 aliphatic heterocycles. The lowest BCUT2D eigenvalue weighted by atomic mass is 10.2. The van der Waals surface area contributed by atoms with Crippen molar-refractivity contribution in [2.75, 3.05) is 13.1 Å². The van der Waals surface area contributed by atoms with E-state index in [4.69, 9.17) is 6.42 Å². The highest BCUT2D eigenvalue weighted by atomic mass is 15.1. The first kappa shape index (κ1) is 7.88. The Labute approximate surface area is 67.7 Å². The Morgan fingerprint density at radius 1 is 1.55 bits per heavy atom. The third-order valence-electron chi connectivity index (χ3n) is 1.69. The molecule has 0 bridgehead atoms. The monoisotopic (exact) mass is 145 g/mol. The first-order valence-electron chi connectivity index (χ1n) is 3.59. The Morgan fingerprint density at radius 3 is 2.64 bits per heavy atom. The molecule has 56 valence electrons. The van der Waals surface area contributed by atoms with Gasteiger partial charge in [0.15, 0.2) is 0 Å². The van der Waals surface area contributed by atoms with Crippen molar-refractivity contribution in [1.82, 2.24) is 4.90 Å². The van der Waals surface area contributed by atoms with Crippen molar-refractivity contribution in [2.24, 2.45) is 0 Å². The zero-order valence-corrected chi connectivity index (χ0v) is 6.46. The van der Waals surface area contributed by atoms with Crippen LogP contribution in [-0.4, -0.2) is 24.0 Å². The van der Waals surface area contributed by atoms with Crippen LogP contribution in [0.1, 0.15) is 0 Å². The van der Waals surface area contributed by atoms with Gasteiger partial charge in [-0.2, -0.15) is 0 Å². The highest BCUT2D eigenvalue weighted by Crippen LogP contribution is 2.05. The average Bonchev–Trinajstić information content (AvgIpc) is 2.52. The zero-order valence-electron chi connectivity index (χ0n) is 6.46. The van der Waals surface area contributed by atoms with E-state index in [9.17, 15) is 0 Å². The molecule has 0 fully saturated rings. The molecule has 0 aliphatic carbocycles. The summed E-state index contributed by atoms with van der Waals surface area (Å²) in [6.45, 7) is 5.37. The molecule has 0 aromatic carbocycles. The lowest BCUT2D eigenvalue weighted by Crippen LogP contribution is -2.29. The van der Waals surface area contributed by atoms with Crippen molar-refractivity contribution in [3.63, 3.8) is 0 Å². The smallest absolute Gasteiger partial charge is 0.0977 e. The van der Waals surface area contributed by atoms with E-state index in [1.54, 1.807) is 0 Å². The van der Waals surface area contributed by atoms with Crippen LogP contribution in [-0.2, 0) is 0 Å². The van der Waals surface area contributed by atoms with Crippen LogP contribution in [0.15, 0.2) is 30.5 Å². The molecule has 0 aromatic heterocycles. The highest BCUT2D eigenvalue weighted by Gasteiger charge is 2.12. The number of rotatable bonds is 2. The Kier molecular flexibility index (Phi) is 2.74. The van der Waals surface area contributed by atoms with E-state index in [0.717, 1.165) is 13.1 Å². The summed E-state index contributed by atoms with van der Waals surface area (Å²) >= 11 is 0. The van der Waals surface area contributed by atoms with Crippen LogP contribution in [0.3, 0.4) is 0 Å². The summed E-state index contributed by atoms with van der Waals surface area (Å²) < 4.78 is 0. The minimum atomic E-state index is 0.0579. The SMILES string of the molecule is C#CC(C=C=C)N1CC=CC1. The Bertz CT molecular complexity index is 230. The van der Waals surface area contributed by atoms with Gasteiger partial charge in [0.05, 0.1) is 6.04 Å². The molecule has 1 heterocycles. The Morgan fingerprint density at radius 2 is 2.18 bits per heavy atom. The van der Waals surface area contributed by atoms with Gasteiger partial charge in [0.1, 0.15) is 0 Å². The van der Waals surface area contributed by atoms with Gasteiger partial charge in [-0.1, -0.05) is 24.7 Å². The van der Waals surface area contributed by atoms with E-state index in [-0.39, 0.29) is 6.04 Å². The molecule has 0 radical (unpaired) electrons. The quantitative estimate of drug-likeness (QED) is 0.320. The number of hydrogen-bond acceptors (Lipinski definition) is 1. The number of nitrogens with zero attached hydrogens (tertiary/aromatic N) is 1. The molecule has 1 aliphatic rings. The Balaban J connectivity index is 2.57. The summed E-state index contributed by atoms with van der Waals surface area (Å²) in [7, 11) is 0. The minimum absolute atomic E-state index is 0.0579. The van der Waals surface area contributed by atoms with Gasteiger partial charge < -0.3 is 0 Å². The summed E-state index contributed by atoms with van der Waals surface area (Å²) in [5.74, 6) is 2.67. The van der Waals surface area contributed by atoms with E-state index in [1.807, 2.05) is 6.08 Å². The molecular formula is C10H11N. The van der Waals surface area contributed by atoms with Crippen molar-refractivity contribution in [2.45, 2.75) is 6.04 Å². The molecule has 0 saturated carbocycles. The second-order valence-electron chi connectivity index (χ2n) is 2.41. The van der Waals surface area contributed by atoms with Gasteiger partial charge in [-0.05, 0) is 6.08 Å². The summed E-state index contributed by atoms with van der Waals surface area (Å²) in [6, 6.07) is 0.0579. The fourth-order valence-corrected chi connectivity index (χ4v) is 1.09. The van der Waals surface area contributed by atoms with Crippen molar-refractivity contribution >= 4 is 0 Å². The second kappa shape index (κ2) is 3.83. The molecule has 0 amide bonds. The van der Waals surface area contributed by atoms with Gasteiger partial charge in [-0.15, -0.1) is 12.2 Å². The highest BCUT2D eigenvalue weighted by molar-refractivity contribution is 5.14. The second-order valence-corrected chi connectivity index (χ2v) is 2.41. The van der Waals surface area contributed by atoms with Gasteiger partial charge in [0.2, 0.25) is 0 Å². The fraction of sp³-hybridized carbons (Fsp3) is 0.300. The lowest BCUT2D eigenvalue weighted by Gasteiger charge is -2.18. The van der Waals surface area contributed by atoms with E-state index in [1.165, 1.54) is 0 Å². The van der Waals surface area contributed by atoms with Crippen LogP contribution in [0.2, 0.25) is 0 Å². The van der Waals surface area contributed by atoms with Gasteiger partial charge >= 0.3 is 0 Å². The first-order chi connectivity index (χ1) is 5.38. The predicted octanol–water partition coefficient (Wildman–Crippen LogP) is 1.20. The van der Waals surface area contributed by atoms with E-state index in [0.29, 0.717) is 0 Å². The molecule has 0 spiro atoms. The summed E-state index contributed by atoms with van der Waals surface area (Å²) in [4.78, 5) is 2.16. The zero-order chi connectivity index (χ0) is 8.10. The number of hydrogen-bond donors (Lipinski definition) is 0. The molecule has 1 heteroatoms. The van der Waals surface area contributed by atoms with Crippen LogP contribution in [0.5, 0.6) is 0 Å². The van der Waals surface area contributed by atoms with Crippen molar-refractivity contribution in [3.8, 4) is 12.3 Å². The maximum absolute atomic E-state index is 5.32. The molecular weight excluding hydrogens is 134 g/mol. The van der Waals surface area contributed by atoms with Crippen molar-refractivity contribution in [1.29, 1.82) is 0 Å². The van der Waals surface area contributed by atoms with Crippen molar-refractivity contribution < 1.29 is 0 Å². The molecule has 0 aromatic rings. The van der Waals surface area contributed by atoms with Gasteiger partial charge in [-0.25, -0.2) is 0 Å². The third-order valence-corrected chi connectivity index (χ3v) is 1.69. The van der Waals surface area contributed by atoms with Gasteiger partial charge in [0, 0.05) is 13.1 Å². The van der Waals surface area contributed by atoms with Crippen LogP contribution >= 0.6 is 0 Å². The normalized spacial score (nSPS) is 18.8. The van der Waals surface area contributed by atoms with E-state index >= 15 is 0 Å². The molecule has 0 N–H and O–H groups in total. The largest absolute Gasteiger partial charge is 0.279 e. The van der Waals surface area contributed by atoms with Gasteiger partial charge in [0.25, 0.3) is 0 Å². The fourth-order valence-electron chi connectivity index (χ4n) is 1.09. The first-order valence-corrected chi connectivity index (χ1v) is 3.59. The molecule has 0 saturated heterocycles. The van der Waals surface area contributed by atoms with E-state index < -0.39 is 0 Å². The van der Waals surface area contributed by atoms with Crippen LogP contribution in [0.4, 0.5) is 0 Å². The molecule has 1 unspecified atom stereocenters. The molecule has 11 heavy (non-hydrogen) atoms. The lowest BCUT2D eigenvalue weighted by molar-refractivity contribution is 0.344. The third kappa shape index (κ3) is 1.85. The number of terminal acetylenes is 1. The summed E-state index contributed by atoms with van der Waals surface area (Å²) in [5, 5.41) is 0. The van der Waals surface area contributed by atoms with Crippen LogP contribution in [0.25, 0.3) is 0 Å².